The predicted octanol–water partition coefficient (Wildman–Crippen LogP) is 19.3. The molecule has 0 radical (unpaired) electrons. The van der Waals surface area contributed by atoms with Gasteiger partial charge in [0.15, 0.2) is 0 Å². The summed E-state index contributed by atoms with van der Waals surface area (Å²) in [4.78, 5) is 4.78. The third-order valence-electron chi connectivity index (χ3n) is 14.1. The largest absolute Gasteiger partial charge is 0.456 e. The van der Waals surface area contributed by atoms with Crippen molar-refractivity contribution in [3.8, 4) is 0 Å². The Morgan fingerprint density at radius 1 is 0.294 bits per heavy atom. The maximum atomic E-state index is 7.04. The number of hydrogen-bond acceptors (Lipinski definition) is 4. The van der Waals surface area contributed by atoms with Gasteiger partial charge in [-0.05, 0) is 116 Å². The van der Waals surface area contributed by atoms with Gasteiger partial charge < -0.3 is 18.6 Å². The summed E-state index contributed by atoms with van der Waals surface area (Å²) in [6, 6.07) is 75.0. The quantitative estimate of drug-likeness (QED) is 0.152. The number of furan rings is 2. The van der Waals surface area contributed by atoms with Crippen LogP contribution in [0.5, 0.6) is 0 Å². The zero-order valence-electron chi connectivity index (χ0n) is 38.5. The molecule has 0 amide bonds. The van der Waals surface area contributed by atoms with E-state index in [9.17, 15) is 0 Å². The van der Waals surface area contributed by atoms with Gasteiger partial charge in [0.05, 0.1) is 11.4 Å². The van der Waals surface area contributed by atoms with Crippen LogP contribution in [-0.2, 0) is 0 Å². The van der Waals surface area contributed by atoms with Gasteiger partial charge in [0.25, 0.3) is 0 Å². The summed E-state index contributed by atoms with van der Waals surface area (Å²) in [5.41, 5.74) is 12.4. The van der Waals surface area contributed by atoms with Crippen molar-refractivity contribution >= 4 is 121 Å². The Labute approximate surface area is 394 Å². The van der Waals surface area contributed by atoms with E-state index in [4.69, 9.17) is 8.83 Å². The Morgan fingerprint density at radius 2 is 0.647 bits per heavy atom. The summed E-state index contributed by atoms with van der Waals surface area (Å²) in [5, 5.41) is 13.6. The fourth-order valence-corrected chi connectivity index (χ4v) is 10.7. The van der Waals surface area contributed by atoms with E-state index >= 15 is 0 Å². The molecule has 0 fully saturated rings. The molecule has 0 unspecified atom stereocenters. The molecule has 0 N–H and O–H groups in total. The number of fused-ring (bicyclic) bond motifs is 13. The van der Waals surface area contributed by atoms with E-state index < -0.39 is 0 Å². The predicted molar refractivity (Wildman–Crippen MR) is 289 cm³/mol. The fraction of sp³-hybridized carbons (Fsp3) is 0.0938. The van der Waals surface area contributed by atoms with Crippen LogP contribution in [0.3, 0.4) is 0 Å². The van der Waals surface area contributed by atoms with Gasteiger partial charge in [-0.25, -0.2) is 0 Å². The maximum absolute atomic E-state index is 7.04. The van der Waals surface area contributed by atoms with Crippen molar-refractivity contribution < 1.29 is 8.83 Å². The van der Waals surface area contributed by atoms with Crippen molar-refractivity contribution in [3.63, 3.8) is 0 Å². The van der Waals surface area contributed by atoms with Crippen molar-refractivity contribution in [1.29, 1.82) is 0 Å². The van der Waals surface area contributed by atoms with Crippen LogP contribution in [-0.4, -0.2) is 0 Å². The van der Waals surface area contributed by atoms with Crippen LogP contribution in [0.2, 0.25) is 0 Å². The lowest BCUT2D eigenvalue weighted by Crippen LogP contribution is -2.11. The summed E-state index contributed by atoms with van der Waals surface area (Å²) < 4.78 is 14.1. The van der Waals surface area contributed by atoms with Gasteiger partial charge >= 0.3 is 0 Å². The monoisotopic (exact) mass is 876 g/mol. The minimum absolute atomic E-state index is 0.427. The molecular weight excluding hydrogens is 829 g/mol. The second kappa shape index (κ2) is 15.6. The first-order valence-corrected chi connectivity index (χ1v) is 23.8. The van der Waals surface area contributed by atoms with Crippen LogP contribution in [0.25, 0.3) is 87.0 Å². The van der Waals surface area contributed by atoms with Gasteiger partial charge in [-0.2, -0.15) is 0 Å². The van der Waals surface area contributed by atoms with Crippen molar-refractivity contribution in [2.45, 2.75) is 39.5 Å². The molecule has 4 nitrogen and oxygen atoms in total. The van der Waals surface area contributed by atoms with Gasteiger partial charge in [0.2, 0.25) is 0 Å². The smallest absolute Gasteiger partial charge is 0.138 e. The summed E-state index contributed by atoms with van der Waals surface area (Å²) >= 11 is 0. The highest BCUT2D eigenvalue weighted by molar-refractivity contribution is 6.35. The van der Waals surface area contributed by atoms with E-state index in [2.05, 4.69) is 244 Å². The molecule has 0 atom stereocenters. The van der Waals surface area contributed by atoms with E-state index in [1.54, 1.807) is 0 Å². The fourth-order valence-electron chi connectivity index (χ4n) is 10.7. The highest BCUT2D eigenvalue weighted by Gasteiger charge is 2.26. The number of rotatable bonds is 8. The van der Waals surface area contributed by atoms with E-state index in [-0.39, 0.29) is 0 Å². The van der Waals surface area contributed by atoms with Gasteiger partial charge in [-0.3, -0.25) is 0 Å². The first-order chi connectivity index (χ1) is 33.4. The van der Waals surface area contributed by atoms with Crippen LogP contribution >= 0.6 is 0 Å². The van der Waals surface area contributed by atoms with Crippen molar-refractivity contribution in [1.82, 2.24) is 0 Å². The second-order valence-electron chi connectivity index (χ2n) is 18.9. The molecule has 2 heterocycles. The lowest BCUT2D eigenvalue weighted by atomic mass is 9.96. The summed E-state index contributed by atoms with van der Waals surface area (Å²) in [5.74, 6) is 0.854. The van der Waals surface area contributed by atoms with E-state index in [1.807, 2.05) is 0 Å². The molecule has 0 spiro atoms. The normalized spacial score (nSPS) is 12.1. The first-order valence-electron chi connectivity index (χ1n) is 23.8. The highest BCUT2D eigenvalue weighted by atomic mass is 16.3. The van der Waals surface area contributed by atoms with Gasteiger partial charge in [0, 0.05) is 67.2 Å². The van der Waals surface area contributed by atoms with E-state index in [0.717, 1.165) is 99.5 Å². The molecule has 326 valence electrons. The molecule has 0 aliphatic heterocycles. The van der Waals surface area contributed by atoms with Crippen LogP contribution in [0, 0.1) is 0 Å². The molecule has 68 heavy (non-hydrogen) atoms. The number of benzene rings is 11. The molecule has 0 saturated carbocycles. The molecule has 2 aromatic heterocycles. The first kappa shape index (κ1) is 40.0. The standard InChI is InChI=1S/C64H48N2O2/c1-39(2)41-21-27-47(28-22-41)65(49-31-25-43-13-5-7-15-45(43)35-49)55-37-59-61(53-19-11-9-17-51(53)55)63-57(67-59)33-34-58-64(63)62-54-20-12-10-18-52(54)56(38-60(62)68-58)66(48-29-23-42(24-30-48)40(3)4)50-32-26-44-14-6-8-16-46(44)36-50/h5-40H,1-4H3. The molecule has 0 bridgehead atoms. The molecule has 0 saturated heterocycles. The Kier molecular flexibility index (Phi) is 9.20. The van der Waals surface area contributed by atoms with Crippen LogP contribution in [0.15, 0.2) is 215 Å². The minimum Gasteiger partial charge on any atom is -0.456 e. The molecular formula is C64H48N2O2. The number of hydrogen-bond donors (Lipinski definition) is 0. The lowest BCUT2D eigenvalue weighted by molar-refractivity contribution is 0.663. The van der Waals surface area contributed by atoms with E-state index in [1.165, 1.54) is 32.7 Å². The third-order valence-corrected chi connectivity index (χ3v) is 14.1. The summed E-state index contributed by atoms with van der Waals surface area (Å²) in [6.07, 6.45) is 0. The zero-order chi connectivity index (χ0) is 45.6. The Balaban J connectivity index is 1.07. The van der Waals surface area contributed by atoms with Crippen molar-refractivity contribution in [2.24, 2.45) is 0 Å². The molecule has 11 aromatic carbocycles. The Hall–Kier alpha value is -8.34. The van der Waals surface area contributed by atoms with E-state index in [0.29, 0.717) is 11.8 Å². The van der Waals surface area contributed by atoms with Crippen LogP contribution in [0.4, 0.5) is 34.1 Å². The second-order valence-corrected chi connectivity index (χ2v) is 18.9. The molecule has 0 aliphatic carbocycles. The average Bonchev–Trinajstić information content (AvgIpc) is 3.95. The van der Waals surface area contributed by atoms with Crippen LogP contribution < -0.4 is 9.80 Å². The van der Waals surface area contributed by atoms with Crippen molar-refractivity contribution in [2.75, 3.05) is 9.80 Å². The topological polar surface area (TPSA) is 32.8 Å². The lowest BCUT2D eigenvalue weighted by Gasteiger charge is -2.28. The Morgan fingerprint density at radius 3 is 1.04 bits per heavy atom. The highest BCUT2D eigenvalue weighted by Crippen LogP contribution is 2.51. The summed E-state index contributed by atoms with van der Waals surface area (Å²) in [6.45, 7) is 8.98. The zero-order valence-corrected chi connectivity index (χ0v) is 38.5. The minimum atomic E-state index is 0.427. The number of nitrogens with zero attached hydrogens (tertiary/aromatic N) is 2. The molecule has 4 heteroatoms. The summed E-state index contributed by atoms with van der Waals surface area (Å²) in [7, 11) is 0. The Bertz CT molecular complexity index is 3830. The SMILES string of the molecule is CC(C)c1ccc(N(c2ccc3ccccc3c2)c2cc3oc4ccc5oc6cc(N(c7ccc(C(C)C)cc7)c7ccc8ccccc8c7)c7ccccc7c6c5c4c3c3ccccc23)cc1. The number of anilines is 6. The van der Waals surface area contributed by atoms with Gasteiger partial charge in [-0.15, -0.1) is 0 Å². The van der Waals surface area contributed by atoms with Gasteiger partial charge in [-0.1, -0.05) is 161 Å². The van der Waals surface area contributed by atoms with Gasteiger partial charge in [0.1, 0.15) is 22.3 Å². The molecule has 13 rings (SSSR count). The molecule has 0 aliphatic rings. The van der Waals surface area contributed by atoms with Crippen molar-refractivity contribution in [3.05, 3.63) is 217 Å². The average molecular weight is 877 g/mol. The molecule has 13 aromatic rings. The van der Waals surface area contributed by atoms with Crippen LogP contribution in [0.1, 0.15) is 50.7 Å². The third kappa shape index (κ3) is 6.36. The maximum Gasteiger partial charge on any atom is 0.138 e.